The van der Waals surface area contributed by atoms with E-state index in [4.69, 9.17) is 4.99 Å². The van der Waals surface area contributed by atoms with Gasteiger partial charge in [-0.2, -0.15) is 0 Å². The Morgan fingerprint density at radius 3 is 2.37 bits per heavy atom. The molecule has 3 rings (SSSR count). The molecule has 2 aliphatic rings. The molecule has 1 aliphatic carbocycles. The normalized spacial score (nSPS) is 19.6. The van der Waals surface area contributed by atoms with E-state index in [0.717, 1.165) is 49.7 Å². The van der Waals surface area contributed by atoms with E-state index in [0.29, 0.717) is 12.6 Å². The maximum atomic E-state index is 4.93. The monoisotopic (exact) mass is 489 g/mol. The van der Waals surface area contributed by atoms with Crippen LogP contribution >= 0.6 is 24.0 Å². The molecule has 1 saturated heterocycles. The summed E-state index contributed by atoms with van der Waals surface area (Å²) in [6, 6.07) is 0.573. The standard InChI is InChI=1S/C19H35N7.HI/c1-15(2)14-25-9-11-26(12-10-25)19(21-17-7-5-6-8-17)20-13-18-23-22-16(3)24(18)4;/h15,17H,5-14H2,1-4H3,(H,20,21);1H. The van der Waals surface area contributed by atoms with E-state index in [1.807, 2.05) is 18.5 Å². The molecule has 0 amide bonds. The molecule has 0 spiro atoms. The summed E-state index contributed by atoms with van der Waals surface area (Å²) in [6.07, 6.45) is 5.18. The van der Waals surface area contributed by atoms with E-state index in [2.05, 4.69) is 39.2 Å². The van der Waals surface area contributed by atoms with Crippen LogP contribution in [0.25, 0.3) is 0 Å². The van der Waals surface area contributed by atoms with Crippen molar-refractivity contribution in [2.45, 2.75) is 59.0 Å². The molecule has 1 saturated carbocycles. The second-order valence-corrected chi connectivity index (χ2v) is 8.17. The molecule has 0 radical (unpaired) electrons. The van der Waals surface area contributed by atoms with Crippen LogP contribution in [-0.2, 0) is 13.6 Å². The van der Waals surface area contributed by atoms with Gasteiger partial charge in [0.1, 0.15) is 12.4 Å². The smallest absolute Gasteiger partial charge is 0.194 e. The summed E-state index contributed by atoms with van der Waals surface area (Å²) in [4.78, 5) is 9.93. The molecule has 8 heteroatoms. The van der Waals surface area contributed by atoms with Gasteiger partial charge in [0, 0.05) is 45.8 Å². The fourth-order valence-electron chi connectivity index (χ4n) is 3.88. The van der Waals surface area contributed by atoms with Crippen molar-refractivity contribution in [2.24, 2.45) is 18.0 Å². The van der Waals surface area contributed by atoms with Gasteiger partial charge in [-0.25, -0.2) is 4.99 Å². The zero-order valence-electron chi connectivity index (χ0n) is 17.3. The third kappa shape index (κ3) is 6.30. The highest BCUT2D eigenvalue weighted by Gasteiger charge is 2.23. The van der Waals surface area contributed by atoms with Gasteiger partial charge >= 0.3 is 0 Å². The van der Waals surface area contributed by atoms with E-state index < -0.39 is 0 Å². The molecular formula is C19H36IN7. The third-order valence-electron chi connectivity index (χ3n) is 5.54. The van der Waals surface area contributed by atoms with E-state index in [-0.39, 0.29) is 24.0 Å². The van der Waals surface area contributed by atoms with Gasteiger partial charge in [-0.15, -0.1) is 34.2 Å². The minimum absolute atomic E-state index is 0. The molecule has 1 aromatic rings. The molecule has 0 aromatic carbocycles. The first-order valence-corrected chi connectivity index (χ1v) is 10.2. The summed E-state index contributed by atoms with van der Waals surface area (Å²) in [5, 5.41) is 12.1. The molecule has 0 atom stereocenters. The summed E-state index contributed by atoms with van der Waals surface area (Å²) in [7, 11) is 2.01. The number of nitrogens with zero attached hydrogens (tertiary/aromatic N) is 6. The van der Waals surface area contributed by atoms with Crippen LogP contribution < -0.4 is 5.32 Å². The maximum absolute atomic E-state index is 4.93. The van der Waals surface area contributed by atoms with E-state index >= 15 is 0 Å². The average Bonchev–Trinajstić information content (AvgIpc) is 3.23. The summed E-state index contributed by atoms with van der Waals surface area (Å²) in [5.74, 6) is 3.64. The van der Waals surface area contributed by atoms with Gasteiger partial charge in [0.25, 0.3) is 0 Å². The van der Waals surface area contributed by atoms with Crippen molar-refractivity contribution < 1.29 is 0 Å². The van der Waals surface area contributed by atoms with Crippen molar-refractivity contribution >= 4 is 29.9 Å². The highest BCUT2D eigenvalue weighted by atomic mass is 127. The molecule has 7 nitrogen and oxygen atoms in total. The molecule has 154 valence electrons. The summed E-state index contributed by atoms with van der Waals surface area (Å²) in [6.45, 7) is 12.7. The predicted molar refractivity (Wildman–Crippen MR) is 121 cm³/mol. The Morgan fingerprint density at radius 2 is 1.81 bits per heavy atom. The van der Waals surface area contributed by atoms with Crippen molar-refractivity contribution in [1.82, 2.24) is 29.9 Å². The fraction of sp³-hybridized carbons (Fsp3) is 0.842. The van der Waals surface area contributed by atoms with Crippen LogP contribution in [0.5, 0.6) is 0 Å². The van der Waals surface area contributed by atoms with Gasteiger partial charge in [-0.3, -0.25) is 4.90 Å². The van der Waals surface area contributed by atoms with Crippen LogP contribution in [0.2, 0.25) is 0 Å². The fourth-order valence-corrected chi connectivity index (χ4v) is 3.88. The maximum Gasteiger partial charge on any atom is 0.194 e. The molecular weight excluding hydrogens is 453 g/mol. The zero-order valence-corrected chi connectivity index (χ0v) is 19.6. The van der Waals surface area contributed by atoms with Gasteiger partial charge in [-0.1, -0.05) is 26.7 Å². The Hall–Kier alpha value is -0.900. The first kappa shape index (κ1) is 22.4. The summed E-state index contributed by atoms with van der Waals surface area (Å²) < 4.78 is 2.03. The largest absolute Gasteiger partial charge is 0.353 e. The zero-order chi connectivity index (χ0) is 18.5. The number of halogens is 1. The Morgan fingerprint density at radius 1 is 1.15 bits per heavy atom. The summed E-state index contributed by atoms with van der Waals surface area (Å²) in [5.41, 5.74) is 0. The van der Waals surface area contributed by atoms with Crippen LogP contribution in [0, 0.1) is 12.8 Å². The molecule has 0 unspecified atom stereocenters. The number of guanidine groups is 1. The Kier molecular flexibility index (Phi) is 8.78. The minimum Gasteiger partial charge on any atom is -0.353 e. The average molecular weight is 489 g/mol. The molecule has 1 aromatic heterocycles. The van der Waals surface area contributed by atoms with Crippen molar-refractivity contribution in [2.75, 3.05) is 32.7 Å². The first-order valence-electron chi connectivity index (χ1n) is 10.2. The van der Waals surface area contributed by atoms with Crippen LogP contribution in [0.4, 0.5) is 0 Å². The molecule has 1 aliphatic heterocycles. The van der Waals surface area contributed by atoms with Crippen molar-refractivity contribution in [3.63, 3.8) is 0 Å². The number of rotatable bonds is 5. The van der Waals surface area contributed by atoms with Gasteiger partial charge in [-0.05, 0) is 25.7 Å². The SMILES string of the molecule is Cc1nnc(CN=C(NC2CCCC2)N2CCN(CC(C)C)CC2)n1C.I. The lowest BCUT2D eigenvalue weighted by atomic mass is 10.2. The van der Waals surface area contributed by atoms with Crippen LogP contribution in [0.15, 0.2) is 4.99 Å². The number of aromatic nitrogens is 3. The first-order chi connectivity index (χ1) is 12.5. The second kappa shape index (κ2) is 10.6. The van der Waals surface area contributed by atoms with Gasteiger partial charge in [0.05, 0.1) is 0 Å². The van der Waals surface area contributed by atoms with Gasteiger partial charge in [0.2, 0.25) is 0 Å². The van der Waals surface area contributed by atoms with E-state index in [9.17, 15) is 0 Å². The Balaban J connectivity index is 0.00000261. The van der Waals surface area contributed by atoms with E-state index in [1.54, 1.807) is 0 Å². The minimum atomic E-state index is 0. The molecule has 2 heterocycles. The Labute approximate surface area is 181 Å². The van der Waals surface area contributed by atoms with Crippen LogP contribution in [-0.4, -0.2) is 69.3 Å². The highest BCUT2D eigenvalue weighted by Crippen LogP contribution is 2.18. The van der Waals surface area contributed by atoms with Crippen LogP contribution in [0.3, 0.4) is 0 Å². The lowest BCUT2D eigenvalue weighted by molar-refractivity contribution is 0.163. The number of aryl methyl sites for hydroxylation is 1. The summed E-state index contributed by atoms with van der Waals surface area (Å²) >= 11 is 0. The molecule has 27 heavy (non-hydrogen) atoms. The predicted octanol–water partition coefficient (Wildman–Crippen LogP) is 2.40. The van der Waals surface area contributed by atoms with E-state index in [1.165, 1.54) is 32.2 Å². The topological polar surface area (TPSA) is 61.6 Å². The van der Waals surface area contributed by atoms with Gasteiger partial charge in [0.15, 0.2) is 11.8 Å². The number of aliphatic imine (C=N–C) groups is 1. The Bertz CT molecular complexity index is 599. The number of nitrogens with one attached hydrogen (secondary N) is 1. The molecule has 0 bridgehead atoms. The van der Waals surface area contributed by atoms with Crippen molar-refractivity contribution in [3.8, 4) is 0 Å². The lowest BCUT2D eigenvalue weighted by Gasteiger charge is -2.38. The lowest BCUT2D eigenvalue weighted by Crippen LogP contribution is -2.54. The third-order valence-corrected chi connectivity index (χ3v) is 5.54. The van der Waals surface area contributed by atoms with Crippen LogP contribution in [0.1, 0.15) is 51.2 Å². The second-order valence-electron chi connectivity index (χ2n) is 8.17. The highest BCUT2D eigenvalue weighted by molar-refractivity contribution is 14.0. The number of piperazine rings is 1. The quantitative estimate of drug-likeness (QED) is 0.391. The van der Waals surface area contributed by atoms with Crippen molar-refractivity contribution in [1.29, 1.82) is 0 Å². The number of hydrogen-bond acceptors (Lipinski definition) is 4. The van der Waals surface area contributed by atoms with Crippen molar-refractivity contribution in [3.05, 3.63) is 11.6 Å². The molecule has 1 N–H and O–H groups in total. The molecule has 2 fully saturated rings. The number of hydrogen-bond donors (Lipinski definition) is 1. The van der Waals surface area contributed by atoms with Gasteiger partial charge < -0.3 is 14.8 Å².